The van der Waals surface area contributed by atoms with Crippen LogP contribution < -0.4 is 5.73 Å². The van der Waals surface area contributed by atoms with Crippen LogP contribution in [0.1, 0.15) is 44.1 Å². The molecule has 5 heteroatoms. The lowest BCUT2D eigenvalue weighted by molar-refractivity contribution is -0.136. The maximum Gasteiger partial charge on any atom is 0.225 e. The molecule has 4 nitrogen and oxygen atoms in total. The molecule has 0 bridgehead atoms. The molecular weight excluding hydrogens is 368 g/mol. The van der Waals surface area contributed by atoms with Crippen LogP contribution in [0.4, 0.5) is 0 Å². The first kappa shape index (κ1) is 19.2. The Hall–Kier alpha value is -2.14. The molecule has 1 saturated carbocycles. The van der Waals surface area contributed by atoms with Gasteiger partial charge in [-0.3, -0.25) is 9.59 Å². The first-order chi connectivity index (χ1) is 13.6. The summed E-state index contributed by atoms with van der Waals surface area (Å²) >= 11 is 1.68. The molecule has 4 rings (SSSR count). The van der Waals surface area contributed by atoms with Crippen molar-refractivity contribution in [1.29, 1.82) is 0 Å². The second-order valence-corrected chi connectivity index (χ2v) is 9.16. The Morgan fingerprint density at radius 2 is 1.82 bits per heavy atom. The number of nitrogens with zero attached hydrogens (tertiary/aromatic N) is 1. The molecule has 0 radical (unpaired) electrons. The zero-order valence-electron chi connectivity index (χ0n) is 16.2. The molecule has 28 heavy (non-hydrogen) atoms. The zero-order valence-corrected chi connectivity index (χ0v) is 17.0. The van der Waals surface area contributed by atoms with Crippen LogP contribution >= 0.6 is 11.3 Å². The van der Waals surface area contributed by atoms with Crippen LogP contribution in [0.3, 0.4) is 0 Å². The van der Waals surface area contributed by atoms with Crippen LogP contribution in [0.2, 0.25) is 0 Å². The third-order valence-corrected chi connectivity index (χ3v) is 7.18. The Labute approximate surface area is 170 Å². The van der Waals surface area contributed by atoms with Gasteiger partial charge in [0.2, 0.25) is 11.8 Å². The van der Waals surface area contributed by atoms with Crippen molar-refractivity contribution in [2.45, 2.75) is 44.9 Å². The summed E-state index contributed by atoms with van der Waals surface area (Å²) in [5, 5.41) is 4.20. The minimum Gasteiger partial charge on any atom is -0.369 e. The molecule has 0 spiro atoms. The zero-order chi connectivity index (χ0) is 19.6. The van der Waals surface area contributed by atoms with Gasteiger partial charge in [0, 0.05) is 19.0 Å². The minimum absolute atomic E-state index is 0.141. The van der Waals surface area contributed by atoms with Crippen molar-refractivity contribution in [3.05, 3.63) is 46.7 Å². The molecule has 1 aliphatic heterocycles. The first-order valence-corrected chi connectivity index (χ1v) is 11.2. The van der Waals surface area contributed by atoms with Crippen LogP contribution in [0, 0.1) is 11.3 Å². The summed E-state index contributed by atoms with van der Waals surface area (Å²) in [7, 11) is 0. The number of rotatable bonds is 5. The van der Waals surface area contributed by atoms with Gasteiger partial charge in [0.15, 0.2) is 0 Å². The van der Waals surface area contributed by atoms with Gasteiger partial charge in [0.05, 0.1) is 5.41 Å². The van der Waals surface area contributed by atoms with Gasteiger partial charge in [-0.25, -0.2) is 0 Å². The number of primary amides is 1. The van der Waals surface area contributed by atoms with E-state index in [1.54, 1.807) is 11.3 Å². The maximum absolute atomic E-state index is 12.9. The van der Waals surface area contributed by atoms with Crippen LogP contribution in [-0.2, 0) is 16.0 Å². The third kappa shape index (κ3) is 3.86. The molecule has 2 aromatic rings. The molecule has 2 N–H and O–H groups in total. The number of carbonyl (C=O) groups is 2. The lowest BCUT2D eigenvalue weighted by atomic mass is 9.80. The van der Waals surface area contributed by atoms with Gasteiger partial charge in [-0.1, -0.05) is 43.5 Å². The van der Waals surface area contributed by atoms with Crippen molar-refractivity contribution in [1.82, 2.24) is 4.90 Å². The number of nitrogens with two attached hydrogens (primary N) is 1. The van der Waals surface area contributed by atoms with Crippen LogP contribution in [0.5, 0.6) is 0 Å². The fourth-order valence-corrected chi connectivity index (χ4v) is 5.40. The number of likely N-dealkylation sites (tertiary alicyclic amines) is 1. The van der Waals surface area contributed by atoms with Crippen molar-refractivity contribution < 1.29 is 9.59 Å². The largest absolute Gasteiger partial charge is 0.369 e. The van der Waals surface area contributed by atoms with Gasteiger partial charge < -0.3 is 10.6 Å². The molecule has 2 amide bonds. The number of amides is 2. The predicted octanol–water partition coefficient (Wildman–Crippen LogP) is 4.24. The van der Waals surface area contributed by atoms with Crippen LogP contribution in [0.25, 0.3) is 11.1 Å². The lowest BCUT2D eigenvalue weighted by Gasteiger charge is -2.29. The standard InChI is InChI=1S/C23H28N2O2S/c24-22(27)23(11-12-25(16-23)21(26)19-4-2-1-3-5-19)14-17-6-8-18(9-7-17)20-10-13-28-15-20/h6-10,13,15,19H,1-5,11-12,14,16H2,(H2,24,27)/t23-/m0/s1. The molecular formula is C23H28N2O2S. The fraction of sp³-hybridized carbons (Fsp3) is 0.478. The minimum atomic E-state index is -0.645. The van der Waals surface area contributed by atoms with E-state index in [9.17, 15) is 9.59 Å². The van der Waals surface area contributed by atoms with E-state index >= 15 is 0 Å². The SMILES string of the molecule is NC(=O)[C@]1(Cc2ccc(-c3ccsc3)cc2)CCN(C(=O)C2CCCCC2)C1. The first-order valence-electron chi connectivity index (χ1n) is 10.3. The maximum atomic E-state index is 12.9. The molecule has 1 atom stereocenters. The second kappa shape index (κ2) is 8.08. The number of carbonyl (C=O) groups excluding carboxylic acids is 2. The highest BCUT2D eigenvalue weighted by molar-refractivity contribution is 7.08. The molecule has 0 unspecified atom stereocenters. The average molecular weight is 397 g/mol. The highest BCUT2D eigenvalue weighted by Crippen LogP contribution is 2.37. The van der Waals surface area contributed by atoms with E-state index in [0.29, 0.717) is 25.9 Å². The average Bonchev–Trinajstić information content (AvgIpc) is 3.40. The second-order valence-electron chi connectivity index (χ2n) is 8.38. The Morgan fingerprint density at radius 3 is 2.46 bits per heavy atom. The summed E-state index contributed by atoms with van der Waals surface area (Å²) < 4.78 is 0. The van der Waals surface area contributed by atoms with Gasteiger partial charge in [-0.15, -0.1) is 0 Å². The van der Waals surface area contributed by atoms with E-state index in [1.165, 1.54) is 17.5 Å². The van der Waals surface area contributed by atoms with Crippen molar-refractivity contribution >= 4 is 23.2 Å². The number of benzene rings is 1. The molecule has 1 aliphatic carbocycles. The van der Waals surface area contributed by atoms with Gasteiger partial charge in [0.1, 0.15) is 0 Å². The topological polar surface area (TPSA) is 63.4 Å². The van der Waals surface area contributed by atoms with Gasteiger partial charge in [0.25, 0.3) is 0 Å². The molecule has 2 fully saturated rings. The van der Waals surface area contributed by atoms with E-state index in [0.717, 1.165) is 31.2 Å². The van der Waals surface area contributed by atoms with Gasteiger partial charge in [-0.05, 0) is 59.2 Å². The molecule has 2 aliphatic rings. The molecule has 2 heterocycles. The van der Waals surface area contributed by atoms with E-state index < -0.39 is 5.41 Å². The Bertz CT molecular complexity index is 825. The van der Waals surface area contributed by atoms with E-state index in [4.69, 9.17) is 5.73 Å². The molecule has 1 aromatic heterocycles. The van der Waals surface area contributed by atoms with Crippen molar-refractivity contribution in [2.24, 2.45) is 17.1 Å². The van der Waals surface area contributed by atoms with Crippen molar-refractivity contribution in [2.75, 3.05) is 13.1 Å². The molecule has 1 saturated heterocycles. The Kier molecular flexibility index (Phi) is 5.54. The van der Waals surface area contributed by atoms with Crippen molar-refractivity contribution in [3.8, 4) is 11.1 Å². The van der Waals surface area contributed by atoms with Crippen LogP contribution in [0.15, 0.2) is 41.1 Å². The summed E-state index contributed by atoms with van der Waals surface area (Å²) in [6, 6.07) is 10.5. The van der Waals surface area contributed by atoms with E-state index in [1.807, 2.05) is 4.90 Å². The molecule has 148 valence electrons. The fourth-order valence-electron chi connectivity index (χ4n) is 4.74. The van der Waals surface area contributed by atoms with Crippen LogP contribution in [-0.4, -0.2) is 29.8 Å². The smallest absolute Gasteiger partial charge is 0.225 e. The normalized spacial score (nSPS) is 23.1. The highest BCUT2D eigenvalue weighted by atomic mass is 32.1. The monoisotopic (exact) mass is 396 g/mol. The predicted molar refractivity (Wildman–Crippen MR) is 113 cm³/mol. The third-order valence-electron chi connectivity index (χ3n) is 6.49. The summed E-state index contributed by atoms with van der Waals surface area (Å²) in [4.78, 5) is 27.2. The van der Waals surface area contributed by atoms with Gasteiger partial charge >= 0.3 is 0 Å². The highest BCUT2D eigenvalue weighted by Gasteiger charge is 2.45. The van der Waals surface area contributed by atoms with E-state index in [-0.39, 0.29) is 17.7 Å². The van der Waals surface area contributed by atoms with Crippen molar-refractivity contribution in [3.63, 3.8) is 0 Å². The number of hydrogen-bond donors (Lipinski definition) is 1. The summed E-state index contributed by atoms with van der Waals surface area (Å²) in [6.45, 7) is 1.11. The summed E-state index contributed by atoms with van der Waals surface area (Å²) in [6.07, 6.45) is 6.75. The molecule has 1 aromatic carbocycles. The summed E-state index contributed by atoms with van der Waals surface area (Å²) in [5.41, 5.74) is 8.70. The lowest BCUT2D eigenvalue weighted by Crippen LogP contribution is -2.43. The van der Waals surface area contributed by atoms with Gasteiger partial charge in [-0.2, -0.15) is 11.3 Å². The number of thiophene rings is 1. The Morgan fingerprint density at radius 1 is 1.07 bits per heavy atom. The quantitative estimate of drug-likeness (QED) is 0.821. The Balaban J connectivity index is 1.46. The van der Waals surface area contributed by atoms with E-state index in [2.05, 4.69) is 41.1 Å². The summed E-state index contributed by atoms with van der Waals surface area (Å²) in [5.74, 6) is 0.0892. The number of hydrogen-bond acceptors (Lipinski definition) is 3.